The number of hydrogen-bond donors (Lipinski definition) is 1. The van der Waals surface area contributed by atoms with Crippen molar-refractivity contribution >= 4 is 5.91 Å². The Hall–Kier alpha value is -2.63. The highest BCUT2D eigenvalue weighted by Crippen LogP contribution is 2.28. The summed E-state index contributed by atoms with van der Waals surface area (Å²) in [4.78, 5) is 11.5. The molecule has 1 aromatic heterocycles. The summed E-state index contributed by atoms with van der Waals surface area (Å²) < 4.78 is 10.8. The summed E-state index contributed by atoms with van der Waals surface area (Å²) in [5, 5.41) is 10.6. The molecule has 21 heavy (non-hydrogen) atoms. The van der Waals surface area contributed by atoms with Crippen LogP contribution in [0.2, 0.25) is 0 Å². The van der Waals surface area contributed by atoms with E-state index in [0.717, 1.165) is 5.56 Å². The Bertz CT molecular complexity index is 622. The zero-order valence-electron chi connectivity index (χ0n) is 11.8. The molecule has 0 fully saturated rings. The minimum absolute atomic E-state index is 0.0769. The van der Waals surface area contributed by atoms with Crippen LogP contribution < -0.4 is 10.1 Å². The molecule has 0 radical (unpaired) electrons. The summed E-state index contributed by atoms with van der Waals surface area (Å²) in [5.41, 5.74) is 0.731. The Morgan fingerprint density at radius 1 is 1.43 bits per heavy atom. The molecule has 6 heteroatoms. The van der Waals surface area contributed by atoms with E-state index in [1.807, 2.05) is 24.3 Å². The number of aryl methyl sites for hydroxylation is 1. The van der Waals surface area contributed by atoms with Gasteiger partial charge in [-0.25, -0.2) is 0 Å². The Balaban J connectivity index is 2.01. The molecule has 0 unspecified atom stereocenters. The van der Waals surface area contributed by atoms with Gasteiger partial charge in [-0.15, -0.1) is 16.8 Å². The van der Waals surface area contributed by atoms with Crippen LogP contribution in [0.25, 0.3) is 11.5 Å². The first-order valence-corrected chi connectivity index (χ1v) is 6.58. The highest BCUT2D eigenvalue weighted by atomic mass is 16.5. The van der Waals surface area contributed by atoms with E-state index < -0.39 is 0 Å². The van der Waals surface area contributed by atoms with Crippen LogP contribution in [0.1, 0.15) is 12.3 Å². The molecule has 1 aromatic carbocycles. The van der Waals surface area contributed by atoms with Crippen LogP contribution in [-0.4, -0.2) is 29.8 Å². The molecule has 0 aliphatic carbocycles. The number of carbonyl (C=O) groups is 1. The molecule has 6 nitrogen and oxygen atoms in total. The van der Waals surface area contributed by atoms with Crippen molar-refractivity contribution in [1.82, 2.24) is 15.5 Å². The summed E-state index contributed by atoms with van der Waals surface area (Å²) in [5.74, 6) is 1.39. The minimum Gasteiger partial charge on any atom is -0.496 e. The van der Waals surface area contributed by atoms with Crippen LogP contribution in [0.4, 0.5) is 0 Å². The van der Waals surface area contributed by atoms with Gasteiger partial charge < -0.3 is 14.5 Å². The molecule has 0 spiro atoms. The van der Waals surface area contributed by atoms with Crippen molar-refractivity contribution in [2.45, 2.75) is 12.8 Å². The lowest BCUT2D eigenvalue weighted by molar-refractivity contribution is -0.120. The van der Waals surface area contributed by atoms with Gasteiger partial charge in [0.05, 0.1) is 12.7 Å². The molecule has 0 aliphatic heterocycles. The largest absolute Gasteiger partial charge is 0.496 e. The Morgan fingerprint density at radius 3 is 3.00 bits per heavy atom. The Labute approximate surface area is 122 Å². The lowest BCUT2D eigenvalue weighted by Gasteiger charge is -2.03. The third kappa shape index (κ3) is 3.92. The molecule has 0 aliphatic rings. The van der Waals surface area contributed by atoms with Crippen LogP contribution >= 0.6 is 0 Å². The maximum Gasteiger partial charge on any atom is 0.251 e. The van der Waals surface area contributed by atoms with Crippen molar-refractivity contribution in [3.63, 3.8) is 0 Å². The number of para-hydroxylation sites is 1. The highest BCUT2D eigenvalue weighted by Gasteiger charge is 2.13. The van der Waals surface area contributed by atoms with Crippen molar-refractivity contribution in [2.75, 3.05) is 13.7 Å². The highest BCUT2D eigenvalue weighted by molar-refractivity contribution is 5.76. The fourth-order valence-corrected chi connectivity index (χ4v) is 1.78. The SMILES string of the molecule is C=CCNC(=O)CCc1nnc(-c2ccccc2OC)o1. The predicted molar refractivity (Wildman–Crippen MR) is 77.8 cm³/mol. The maximum absolute atomic E-state index is 11.5. The molecule has 1 heterocycles. The lowest BCUT2D eigenvalue weighted by Crippen LogP contribution is -2.23. The molecular formula is C15H17N3O3. The van der Waals surface area contributed by atoms with E-state index in [1.54, 1.807) is 13.2 Å². The van der Waals surface area contributed by atoms with E-state index in [0.29, 0.717) is 36.9 Å². The normalized spacial score (nSPS) is 10.1. The van der Waals surface area contributed by atoms with Gasteiger partial charge in [0.1, 0.15) is 5.75 Å². The second-order valence-corrected chi connectivity index (χ2v) is 4.29. The quantitative estimate of drug-likeness (QED) is 0.788. The van der Waals surface area contributed by atoms with Crippen LogP contribution in [0.15, 0.2) is 41.3 Å². The van der Waals surface area contributed by atoms with Gasteiger partial charge in [0.25, 0.3) is 5.89 Å². The molecule has 110 valence electrons. The third-order valence-electron chi connectivity index (χ3n) is 2.81. The second kappa shape index (κ2) is 7.23. The average molecular weight is 287 g/mol. The number of hydrogen-bond acceptors (Lipinski definition) is 5. The van der Waals surface area contributed by atoms with Crippen molar-refractivity contribution in [3.05, 3.63) is 42.8 Å². The van der Waals surface area contributed by atoms with Gasteiger partial charge in [0.15, 0.2) is 0 Å². The molecule has 2 aromatic rings. The molecule has 1 amide bonds. The fraction of sp³-hybridized carbons (Fsp3) is 0.267. The van der Waals surface area contributed by atoms with E-state index in [1.165, 1.54) is 0 Å². The van der Waals surface area contributed by atoms with Gasteiger partial charge in [-0.3, -0.25) is 4.79 Å². The number of ether oxygens (including phenoxy) is 1. The zero-order valence-corrected chi connectivity index (χ0v) is 11.8. The van der Waals surface area contributed by atoms with E-state index in [2.05, 4.69) is 22.1 Å². The molecule has 0 saturated heterocycles. The minimum atomic E-state index is -0.0769. The van der Waals surface area contributed by atoms with E-state index in [-0.39, 0.29) is 5.91 Å². The molecule has 0 bridgehead atoms. The van der Waals surface area contributed by atoms with Gasteiger partial charge in [-0.1, -0.05) is 18.2 Å². The molecule has 0 saturated carbocycles. The Morgan fingerprint density at radius 2 is 2.24 bits per heavy atom. The first-order chi connectivity index (χ1) is 10.2. The predicted octanol–water partition coefficient (Wildman–Crippen LogP) is 1.98. The van der Waals surface area contributed by atoms with Crippen LogP contribution in [-0.2, 0) is 11.2 Å². The monoisotopic (exact) mass is 287 g/mol. The van der Waals surface area contributed by atoms with E-state index in [4.69, 9.17) is 9.15 Å². The van der Waals surface area contributed by atoms with Gasteiger partial charge >= 0.3 is 0 Å². The van der Waals surface area contributed by atoms with Crippen molar-refractivity contribution < 1.29 is 13.9 Å². The molecule has 2 rings (SSSR count). The second-order valence-electron chi connectivity index (χ2n) is 4.29. The number of amides is 1. The van der Waals surface area contributed by atoms with Crippen molar-refractivity contribution in [3.8, 4) is 17.2 Å². The first-order valence-electron chi connectivity index (χ1n) is 6.58. The topological polar surface area (TPSA) is 77.2 Å². The number of aromatic nitrogens is 2. The van der Waals surface area contributed by atoms with Crippen molar-refractivity contribution in [2.24, 2.45) is 0 Å². The third-order valence-corrected chi connectivity index (χ3v) is 2.81. The fourth-order valence-electron chi connectivity index (χ4n) is 1.78. The Kier molecular flexibility index (Phi) is 5.09. The van der Waals surface area contributed by atoms with E-state index in [9.17, 15) is 4.79 Å². The number of nitrogens with zero attached hydrogens (tertiary/aromatic N) is 2. The number of methoxy groups -OCH3 is 1. The molecule has 1 N–H and O–H groups in total. The summed E-state index contributed by atoms with van der Waals surface area (Å²) in [6.45, 7) is 3.99. The summed E-state index contributed by atoms with van der Waals surface area (Å²) >= 11 is 0. The zero-order chi connectivity index (χ0) is 15.1. The number of benzene rings is 1. The van der Waals surface area contributed by atoms with Gasteiger partial charge in [-0.05, 0) is 12.1 Å². The van der Waals surface area contributed by atoms with Crippen LogP contribution in [0.3, 0.4) is 0 Å². The maximum atomic E-state index is 11.5. The standard InChI is InChI=1S/C15H17N3O3/c1-3-10-16-13(19)8-9-14-17-18-15(21-14)11-6-4-5-7-12(11)20-2/h3-7H,1,8-10H2,2H3,(H,16,19). The smallest absolute Gasteiger partial charge is 0.251 e. The lowest BCUT2D eigenvalue weighted by atomic mass is 10.2. The number of rotatable bonds is 7. The summed E-state index contributed by atoms with van der Waals surface area (Å²) in [7, 11) is 1.58. The molecule has 0 atom stereocenters. The van der Waals surface area contributed by atoms with Gasteiger partial charge in [0.2, 0.25) is 11.8 Å². The number of nitrogens with one attached hydrogen (secondary N) is 1. The summed E-state index contributed by atoms with van der Waals surface area (Å²) in [6, 6.07) is 7.39. The van der Waals surface area contributed by atoms with Crippen LogP contribution in [0.5, 0.6) is 5.75 Å². The molecular weight excluding hydrogens is 270 g/mol. The van der Waals surface area contributed by atoms with Crippen molar-refractivity contribution in [1.29, 1.82) is 0 Å². The van der Waals surface area contributed by atoms with Crippen LogP contribution in [0, 0.1) is 0 Å². The number of carbonyl (C=O) groups excluding carboxylic acids is 1. The van der Waals surface area contributed by atoms with E-state index >= 15 is 0 Å². The summed E-state index contributed by atoms with van der Waals surface area (Å²) in [6.07, 6.45) is 2.32. The average Bonchev–Trinajstić information content (AvgIpc) is 2.99. The van der Waals surface area contributed by atoms with Gasteiger partial charge in [-0.2, -0.15) is 0 Å². The first kappa shape index (κ1) is 14.8. The van der Waals surface area contributed by atoms with Gasteiger partial charge in [0, 0.05) is 19.4 Å².